The highest BCUT2D eigenvalue weighted by Crippen LogP contribution is 2.20. The summed E-state index contributed by atoms with van der Waals surface area (Å²) in [4.78, 5) is 19.8. The Morgan fingerprint density at radius 3 is 2.83 bits per heavy atom. The fraction of sp³-hybridized carbons (Fsp3) is 0.500. The highest BCUT2D eigenvalue weighted by Gasteiger charge is 2.19. The molecule has 1 aromatic heterocycles. The van der Waals surface area contributed by atoms with Crippen molar-refractivity contribution in [1.82, 2.24) is 14.8 Å². The molecule has 1 aliphatic heterocycles. The van der Waals surface area contributed by atoms with Gasteiger partial charge in [-0.1, -0.05) is 11.6 Å². The summed E-state index contributed by atoms with van der Waals surface area (Å²) < 4.78 is 5.38. The van der Waals surface area contributed by atoms with E-state index in [4.69, 9.17) is 16.3 Å². The van der Waals surface area contributed by atoms with Crippen LogP contribution in [-0.2, 0) is 4.79 Å². The molecule has 0 aliphatic carbocycles. The Bertz CT molecular complexity index is 420. The van der Waals surface area contributed by atoms with Gasteiger partial charge in [-0.05, 0) is 19.2 Å². The van der Waals surface area contributed by atoms with Crippen LogP contribution < -0.4 is 4.74 Å². The van der Waals surface area contributed by atoms with E-state index in [9.17, 15) is 4.79 Å². The molecule has 0 atom stereocenters. The van der Waals surface area contributed by atoms with E-state index in [0.717, 1.165) is 26.2 Å². The molecular weight excluding hydrogens is 254 g/mol. The smallest absolute Gasteiger partial charge is 0.260 e. The van der Waals surface area contributed by atoms with Crippen LogP contribution in [0.4, 0.5) is 0 Å². The van der Waals surface area contributed by atoms with E-state index in [1.54, 1.807) is 18.3 Å². The first-order chi connectivity index (χ1) is 8.66. The molecule has 0 N–H and O–H groups in total. The summed E-state index contributed by atoms with van der Waals surface area (Å²) >= 11 is 5.84. The Kier molecular flexibility index (Phi) is 4.38. The molecule has 0 radical (unpaired) electrons. The van der Waals surface area contributed by atoms with Gasteiger partial charge in [0.2, 0.25) is 0 Å². The number of halogens is 1. The van der Waals surface area contributed by atoms with Crippen LogP contribution in [0.3, 0.4) is 0 Å². The Hall–Kier alpha value is -1.33. The highest BCUT2D eigenvalue weighted by molar-refractivity contribution is 6.30. The molecule has 2 rings (SSSR count). The average molecular weight is 270 g/mol. The zero-order valence-corrected chi connectivity index (χ0v) is 11.1. The molecule has 98 valence electrons. The molecule has 2 heterocycles. The number of hydrogen-bond donors (Lipinski definition) is 0. The number of rotatable bonds is 3. The average Bonchev–Trinajstić information content (AvgIpc) is 2.38. The fourth-order valence-electron chi connectivity index (χ4n) is 1.77. The number of hydrogen-bond acceptors (Lipinski definition) is 4. The van der Waals surface area contributed by atoms with Crippen molar-refractivity contribution in [2.75, 3.05) is 39.8 Å². The monoisotopic (exact) mass is 269 g/mol. The largest absolute Gasteiger partial charge is 0.481 e. The van der Waals surface area contributed by atoms with Crippen molar-refractivity contribution in [1.29, 1.82) is 0 Å². The summed E-state index contributed by atoms with van der Waals surface area (Å²) in [5.41, 5.74) is 0. The van der Waals surface area contributed by atoms with Crippen molar-refractivity contribution >= 4 is 17.5 Å². The first kappa shape index (κ1) is 13.1. The summed E-state index contributed by atoms with van der Waals surface area (Å²) in [5.74, 6) is 0.435. The van der Waals surface area contributed by atoms with Crippen molar-refractivity contribution in [2.24, 2.45) is 0 Å². The standard InChI is InChI=1S/C12H16ClN3O2/c1-15-5-7-16(8-6-15)11(17)9-18-10-3-2-4-14-12(10)13/h2-4H,5-9H2,1H3. The molecule has 0 spiro atoms. The lowest BCUT2D eigenvalue weighted by molar-refractivity contribution is -0.134. The maximum absolute atomic E-state index is 11.9. The maximum Gasteiger partial charge on any atom is 0.260 e. The van der Waals surface area contributed by atoms with Crippen molar-refractivity contribution in [3.05, 3.63) is 23.5 Å². The summed E-state index contributed by atoms with van der Waals surface area (Å²) in [6, 6.07) is 3.42. The zero-order valence-electron chi connectivity index (χ0n) is 10.3. The van der Waals surface area contributed by atoms with Crippen molar-refractivity contribution in [3.63, 3.8) is 0 Å². The zero-order chi connectivity index (χ0) is 13.0. The van der Waals surface area contributed by atoms with Crippen LogP contribution in [0.25, 0.3) is 0 Å². The van der Waals surface area contributed by atoms with Gasteiger partial charge in [0, 0.05) is 32.4 Å². The van der Waals surface area contributed by atoms with E-state index in [2.05, 4.69) is 9.88 Å². The number of carbonyl (C=O) groups excluding carboxylic acids is 1. The molecule has 1 fully saturated rings. The Morgan fingerprint density at radius 2 is 2.17 bits per heavy atom. The molecule has 1 aliphatic rings. The third-order valence-corrected chi connectivity index (χ3v) is 3.22. The van der Waals surface area contributed by atoms with Gasteiger partial charge in [-0.3, -0.25) is 4.79 Å². The lowest BCUT2D eigenvalue weighted by Gasteiger charge is -2.32. The van der Waals surface area contributed by atoms with Crippen LogP contribution in [0.15, 0.2) is 18.3 Å². The Labute approximate surface area is 111 Å². The minimum Gasteiger partial charge on any atom is -0.481 e. The molecule has 0 unspecified atom stereocenters. The van der Waals surface area contributed by atoms with Crippen LogP contribution in [-0.4, -0.2) is 60.5 Å². The van der Waals surface area contributed by atoms with E-state index in [-0.39, 0.29) is 17.7 Å². The molecular formula is C12H16ClN3O2. The van der Waals surface area contributed by atoms with E-state index in [0.29, 0.717) is 5.75 Å². The number of carbonyl (C=O) groups is 1. The second-order valence-corrected chi connectivity index (χ2v) is 4.62. The summed E-state index contributed by atoms with van der Waals surface area (Å²) in [7, 11) is 2.05. The second kappa shape index (κ2) is 6.02. The summed E-state index contributed by atoms with van der Waals surface area (Å²) in [6.07, 6.45) is 1.58. The number of aromatic nitrogens is 1. The minimum atomic E-state index is -0.0111. The van der Waals surface area contributed by atoms with E-state index >= 15 is 0 Å². The van der Waals surface area contributed by atoms with Gasteiger partial charge in [0.05, 0.1) is 0 Å². The van der Waals surface area contributed by atoms with Crippen LogP contribution in [0, 0.1) is 0 Å². The van der Waals surface area contributed by atoms with E-state index in [1.807, 2.05) is 11.9 Å². The van der Waals surface area contributed by atoms with Crippen LogP contribution in [0.1, 0.15) is 0 Å². The fourth-order valence-corrected chi connectivity index (χ4v) is 1.94. The molecule has 1 saturated heterocycles. The third-order valence-electron chi connectivity index (χ3n) is 2.93. The van der Waals surface area contributed by atoms with E-state index in [1.165, 1.54) is 0 Å². The molecule has 6 heteroatoms. The van der Waals surface area contributed by atoms with Gasteiger partial charge in [0.25, 0.3) is 5.91 Å². The van der Waals surface area contributed by atoms with Gasteiger partial charge in [-0.15, -0.1) is 0 Å². The number of ether oxygens (including phenoxy) is 1. The molecule has 1 amide bonds. The topological polar surface area (TPSA) is 45.7 Å². The molecule has 1 aromatic rings. The number of nitrogens with zero attached hydrogens (tertiary/aromatic N) is 3. The molecule has 5 nitrogen and oxygen atoms in total. The maximum atomic E-state index is 11.9. The Morgan fingerprint density at radius 1 is 1.44 bits per heavy atom. The predicted octanol–water partition coefficient (Wildman–Crippen LogP) is 0.888. The van der Waals surface area contributed by atoms with Gasteiger partial charge >= 0.3 is 0 Å². The van der Waals surface area contributed by atoms with Gasteiger partial charge < -0.3 is 14.5 Å². The van der Waals surface area contributed by atoms with Gasteiger partial charge in [0.15, 0.2) is 17.5 Å². The summed E-state index contributed by atoms with van der Waals surface area (Å²) in [6.45, 7) is 3.31. The normalized spacial score (nSPS) is 16.7. The van der Waals surface area contributed by atoms with Gasteiger partial charge in [-0.2, -0.15) is 0 Å². The minimum absolute atomic E-state index is 0.00906. The third kappa shape index (κ3) is 3.34. The lowest BCUT2D eigenvalue weighted by Crippen LogP contribution is -2.48. The lowest BCUT2D eigenvalue weighted by atomic mass is 10.3. The van der Waals surface area contributed by atoms with Gasteiger partial charge in [0.1, 0.15) is 0 Å². The molecule has 0 aromatic carbocycles. The molecule has 0 bridgehead atoms. The van der Waals surface area contributed by atoms with Crippen molar-refractivity contribution < 1.29 is 9.53 Å². The number of piperazine rings is 1. The van der Waals surface area contributed by atoms with Crippen LogP contribution in [0.5, 0.6) is 5.75 Å². The highest BCUT2D eigenvalue weighted by atomic mass is 35.5. The number of likely N-dealkylation sites (N-methyl/N-ethyl adjacent to an activating group) is 1. The molecule has 0 saturated carbocycles. The predicted molar refractivity (Wildman–Crippen MR) is 68.8 cm³/mol. The van der Waals surface area contributed by atoms with Crippen LogP contribution in [0.2, 0.25) is 5.15 Å². The Balaban J connectivity index is 1.83. The molecule has 18 heavy (non-hydrogen) atoms. The quantitative estimate of drug-likeness (QED) is 0.765. The summed E-state index contributed by atoms with van der Waals surface area (Å²) in [5, 5.41) is 0.281. The SMILES string of the molecule is CN1CCN(C(=O)COc2cccnc2Cl)CC1. The van der Waals surface area contributed by atoms with Gasteiger partial charge in [-0.25, -0.2) is 4.98 Å². The van der Waals surface area contributed by atoms with Crippen LogP contribution >= 0.6 is 11.6 Å². The first-order valence-corrected chi connectivity index (χ1v) is 6.24. The number of amides is 1. The van der Waals surface area contributed by atoms with Crippen molar-refractivity contribution in [3.8, 4) is 5.75 Å². The first-order valence-electron chi connectivity index (χ1n) is 5.86. The number of pyridine rings is 1. The second-order valence-electron chi connectivity index (χ2n) is 4.27. The van der Waals surface area contributed by atoms with E-state index < -0.39 is 0 Å². The van der Waals surface area contributed by atoms with Crippen molar-refractivity contribution in [2.45, 2.75) is 0 Å².